The molecule has 2 aromatic carbocycles. The topological polar surface area (TPSA) is 21.3 Å². The highest BCUT2D eigenvalue weighted by atomic mass is 79.9. The Kier molecular flexibility index (Phi) is 5.70. The molecule has 112 valence electrons. The van der Waals surface area contributed by atoms with E-state index in [4.69, 9.17) is 0 Å². The molecule has 0 aromatic heterocycles. The smallest absolute Gasteiger partial charge is 0.387 e. The summed E-state index contributed by atoms with van der Waals surface area (Å²) in [7, 11) is 0. The van der Waals surface area contributed by atoms with E-state index in [-0.39, 0.29) is 11.8 Å². The van der Waals surface area contributed by atoms with Crippen LogP contribution in [0.15, 0.2) is 53.0 Å². The first-order chi connectivity index (χ1) is 10.0. The van der Waals surface area contributed by atoms with Gasteiger partial charge >= 0.3 is 6.61 Å². The second-order valence-corrected chi connectivity index (χ2v) is 5.60. The van der Waals surface area contributed by atoms with Crippen LogP contribution in [0.25, 0.3) is 0 Å². The zero-order valence-corrected chi connectivity index (χ0v) is 13.1. The van der Waals surface area contributed by atoms with Gasteiger partial charge in [-0.2, -0.15) is 8.78 Å². The van der Waals surface area contributed by atoms with Crippen LogP contribution in [0.1, 0.15) is 24.1 Å². The minimum Gasteiger partial charge on any atom is -0.435 e. The van der Waals surface area contributed by atoms with Gasteiger partial charge in [-0.3, -0.25) is 0 Å². The molecule has 0 fully saturated rings. The number of halogens is 3. The van der Waals surface area contributed by atoms with Gasteiger partial charge in [-0.25, -0.2) is 0 Å². The molecule has 1 atom stereocenters. The van der Waals surface area contributed by atoms with Crippen molar-refractivity contribution in [3.05, 3.63) is 64.1 Å². The van der Waals surface area contributed by atoms with E-state index in [0.717, 1.165) is 15.6 Å². The first-order valence-corrected chi connectivity index (χ1v) is 7.36. The van der Waals surface area contributed by atoms with Crippen LogP contribution < -0.4 is 10.1 Å². The highest BCUT2D eigenvalue weighted by Crippen LogP contribution is 2.21. The van der Waals surface area contributed by atoms with Gasteiger partial charge < -0.3 is 10.1 Å². The Morgan fingerprint density at radius 3 is 2.52 bits per heavy atom. The van der Waals surface area contributed by atoms with Crippen molar-refractivity contribution in [3.63, 3.8) is 0 Å². The van der Waals surface area contributed by atoms with Gasteiger partial charge in [0.25, 0.3) is 0 Å². The van der Waals surface area contributed by atoms with Crippen LogP contribution >= 0.6 is 15.9 Å². The largest absolute Gasteiger partial charge is 0.435 e. The molecule has 0 aliphatic heterocycles. The van der Waals surface area contributed by atoms with Crippen molar-refractivity contribution < 1.29 is 13.5 Å². The first kappa shape index (κ1) is 15.9. The summed E-state index contributed by atoms with van der Waals surface area (Å²) in [6.45, 7) is -0.111. The third kappa shape index (κ3) is 5.10. The molecular weight excluding hydrogens is 340 g/mol. The number of alkyl halides is 2. The Morgan fingerprint density at radius 1 is 1.14 bits per heavy atom. The highest BCUT2D eigenvalue weighted by molar-refractivity contribution is 9.10. The molecule has 0 saturated carbocycles. The molecule has 0 radical (unpaired) electrons. The fraction of sp³-hybridized carbons (Fsp3) is 0.250. The summed E-state index contributed by atoms with van der Waals surface area (Å²) in [6, 6.07) is 14.8. The van der Waals surface area contributed by atoms with E-state index < -0.39 is 6.61 Å². The van der Waals surface area contributed by atoms with Crippen LogP contribution in [-0.2, 0) is 6.54 Å². The maximum absolute atomic E-state index is 12.2. The summed E-state index contributed by atoms with van der Waals surface area (Å²) in [5.74, 6) is 0.180. The maximum atomic E-state index is 12.2. The monoisotopic (exact) mass is 355 g/mol. The van der Waals surface area contributed by atoms with E-state index in [0.29, 0.717) is 6.54 Å². The molecule has 0 heterocycles. The Hall–Kier alpha value is -1.46. The lowest BCUT2D eigenvalue weighted by Gasteiger charge is -2.15. The van der Waals surface area contributed by atoms with Crippen molar-refractivity contribution >= 4 is 15.9 Å². The lowest BCUT2D eigenvalue weighted by molar-refractivity contribution is -0.0499. The number of nitrogens with one attached hydrogen (secondary N) is 1. The molecule has 1 N–H and O–H groups in total. The van der Waals surface area contributed by atoms with E-state index in [1.165, 1.54) is 6.07 Å². The number of rotatable bonds is 6. The third-order valence-electron chi connectivity index (χ3n) is 3.11. The van der Waals surface area contributed by atoms with Crippen molar-refractivity contribution in [2.75, 3.05) is 0 Å². The van der Waals surface area contributed by atoms with E-state index in [1.807, 2.05) is 37.3 Å². The van der Waals surface area contributed by atoms with Crippen molar-refractivity contribution in [1.82, 2.24) is 5.32 Å². The predicted octanol–water partition coefficient (Wildman–Crippen LogP) is 4.90. The summed E-state index contributed by atoms with van der Waals surface area (Å²) in [5.41, 5.74) is 2.07. The molecule has 0 bridgehead atoms. The maximum Gasteiger partial charge on any atom is 0.387 e. The second kappa shape index (κ2) is 7.52. The van der Waals surface area contributed by atoms with Crippen molar-refractivity contribution in [2.24, 2.45) is 0 Å². The fourth-order valence-electron chi connectivity index (χ4n) is 1.95. The molecule has 5 heteroatoms. The van der Waals surface area contributed by atoms with Gasteiger partial charge in [0.1, 0.15) is 5.75 Å². The number of hydrogen-bond donors (Lipinski definition) is 1. The Morgan fingerprint density at radius 2 is 1.86 bits per heavy atom. The van der Waals surface area contributed by atoms with Gasteiger partial charge in [-0.05, 0) is 42.3 Å². The van der Waals surface area contributed by atoms with Gasteiger partial charge in [0, 0.05) is 17.1 Å². The van der Waals surface area contributed by atoms with Gasteiger partial charge in [0.2, 0.25) is 0 Å². The number of ether oxygens (including phenoxy) is 1. The Balaban J connectivity index is 1.96. The van der Waals surface area contributed by atoms with Crippen LogP contribution in [0.5, 0.6) is 5.75 Å². The van der Waals surface area contributed by atoms with Crippen molar-refractivity contribution in [2.45, 2.75) is 26.1 Å². The molecule has 0 amide bonds. The molecule has 0 aliphatic carbocycles. The molecule has 2 nitrogen and oxygen atoms in total. The second-order valence-electron chi connectivity index (χ2n) is 4.68. The molecule has 2 aromatic rings. The van der Waals surface area contributed by atoms with Crippen LogP contribution in [0.2, 0.25) is 0 Å². The number of hydrogen-bond acceptors (Lipinski definition) is 2. The fourth-order valence-corrected chi connectivity index (χ4v) is 2.22. The predicted molar refractivity (Wildman–Crippen MR) is 82.5 cm³/mol. The Bertz CT molecular complexity index is 575. The molecule has 0 saturated heterocycles. The summed E-state index contributed by atoms with van der Waals surface area (Å²) in [4.78, 5) is 0. The summed E-state index contributed by atoms with van der Waals surface area (Å²) in [5, 5.41) is 3.36. The van der Waals surface area contributed by atoms with Crippen LogP contribution in [0.3, 0.4) is 0 Å². The zero-order valence-electron chi connectivity index (χ0n) is 11.5. The normalized spacial score (nSPS) is 12.4. The molecule has 0 spiro atoms. The third-order valence-corrected chi connectivity index (χ3v) is 3.64. The van der Waals surface area contributed by atoms with Gasteiger partial charge in [0.05, 0.1) is 0 Å². The van der Waals surface area contributed by atoms with E-state index in [9.17, 15) is 8.78 Å². The van der Waals surface area contributed by atoms with Crippen LogP contribution in [0, 0.1) is 0 Å². The lowest BCUT2D eigenvalue weighted by atomic mass is 10.1. The van der Waals surface area contributed by atoms with Crippen molar-refractivity contribution in [3.8, 4) is 5.75 Å². The molecular formula is C16H16BrF2NO. The molecule has 21 heavy (non-hydrogen) atoms. The van der Waals surface area contributed by atoms with E-state index in [2.05, 4.69) is 26.0 Å². The average Bonchev–Trinajstić information content (AvgIpc) is 2.46. The minimum atomic E-state index is -2.80. The van der Waals surface area contributed by atoms with Crippen molar-refractivity contribution in [1.29, 1.82) is 0 Å². The standard InChI is InChI=1S/C16H16BrF2NO/c1-11(20-10-12-5-7-14(17)8-6-12)13-3-2-4-15(9-13)21-16(18)19/h2-9,11,16,20H,10H2,1H3. The summed E-state index contributed by atoms with van der Waals surface area (Å²) >= 11 is 3.39. The van der Waals surface area contributed by atoms with Gasteiger partial charge in [-0.1, -0.05) is 40.2 Å². The van der Waals surface area contributed by atoms with Gasteiger partial charge in [-0.15, -0.1) is 0 Å². The van der Waals surface area contributed by atoms with Gasteiger partial charge in [0.15, 0.2) is 0 Å². The lowest BCUT2D eigenvalue weighted by Crippen LogP contribution is -2.18. The molecule has 2 rings (SSSR count). The highest BCUT2D eigenvalue weighted by Gasteiger charge is 2.09. The zero-order chi connectivity index (χ0) is 15.2. The SMILES string of the molecule is CC(NCc1ccc(Br)cc1)c1cccc(OC(F)F)c1. The van der Waals surface area contributed by atoms with Crippen LogP contribution in [-0.4, -0.2) is 6.61 Å². The average molecular weight is 356 g/mol. The van der Waals surface area contributed by atoms with E-state index in [1.54, 1.807) is 12.1 Å². The summed E-state index contributed by atoms with van der Waals surface area (Å²) in [6.07, 6.45) is 0. The molecule has 0 aliphatic rings. The molecule has 1 unspecified atom stereocenters. The van der Waals surface area contributed by atoms with Crippen LogP contribution in [0.4, 0.5) is 8.78 Å². The Labute approximate surface area is 131 Å². The first-order valence-electron chi connectivity index (χ1n) is 6.57. The van der Waals surface area contributed by atoms with E-state index >= 15 is 0 Å². The summed E-state index contributed by atoms with van der Waals surface area (Å²) < 4.78 is 29.9. The minimum absolute atomic E-state index is 0.0369. The number of benzene rings is 2. The quantitative estimate of drug-likeness (QED) is 0.795.